The van der Waals surface area contributed by atoms with E-state index in [1.54, 1.807) is 0 Å². The SMILES string of the molecule is CCCn1cccc1CNCC1(CC(C)C)CCCC1. The molecule has 0 spiro atoms. The standard InChI is InChI=1S/C18H32N2/c1-4-11-20-12-7-8-17(20)14-19-15-18(13-16(2)3)9-5-6-10-18/h7-8,12,16,19H,4-6,9-11,13-15H2,1-3H3. The molecule has 114 valence electrons. The highest BCUT2D eigenvalue weighted by Gasteiger charge is 2.33. The van der Waals surface area contributed by atoms with Crippen LogP contribution in [0.2, 0.25) is 0 Å². The lowest BCUT2D eigenvalue weighted by Crippen LogP contribution is -2.33. The van der Waals surface area contributed by atoms with Crippen LogP contribution in [0.4, 0.5) is 0 Å². The normalized spacial score (nSPS) is 18.0. The first kappa shape index (κ1) is 15.6. The number of nitrogens with one attached hydrogen (secondary N) is 1. The Hall–Kier alpha value is -0.760. The molecule has 0 radical (unpaired) electrons. The van der Waals surface area contributed by atoms with Crippen LogP contribution in [-0.4, -0.2) is 11.1 Å². The molecule has 0 aliphatic heterocycles. The summed E-state index contributed by atoms with van der Waals surface area (Å²) >= 11 is 0. The van der Waals surface area contributed by atoms with E-state index in [1.807, 2.05) is 0 Å². The molecule has 1 aromatic heterocycles. The first-order valence-electron chi connectivity index (χ1n) is 8.50. The fraction of sp³-hybridized carbons (Fsp3) is 0.778. The molecule has 1 aliphatic rings. The molecular weight excluding hydrogens is 244 g/mol. The maximum absolute atomic E-state index is 3.75. The van der Waals surface area contributed by atoms with E-state index in [0.29, 0.717) is 5.41 Å². The van der Waals surface area contributed by atoms with E-state index in [-0.39, 0.29) is 0 Å². The second kappa shape index (κ2) is 7.31. The Morgan fingerprint density at radius 3 is 2.70 bits per heavy atom. The molecule has 2 rings (SSSR count). The summed E-state index contributed by atoms with van der Waals surface area (Å²) < 4.78 is 2.39. The second-order valence-electron chi connectivity index (χ2n) is 7.10. The van der Waals surface area contributed by atoms with Crippen molar-refractivity contribution in [2.24, 2.45) is 11.3 Å². The zero-order valence-electron chi connectivity index (χ0n) is 13.6. The van der Waals surface area contributed by atoms with Gasteiger partial charge >= 0.3 is 0 Å². The summed E-state index contributed by atoms with van der Waals surface area (Å²) in [6, 6.07) is 4.43. The van der Waals surface area contributed by atoms with E-state index >= 15 is 0 Å². The third-order valence-electron chi connectivity index (χ3n) is 4.70. The highest BCUT2D eigenvalue weighted by atomic mass is 15.0. The van der Waals surface area contributed by atoms with Crippen LogP contribution in [0, 0.1) is 11.3 Å². The van der Waals surface area contributed by atoms with E-state index in [1.165, 1.54) is 50.8 Å². The van der Waals surface area contributed by atoms with Crippen molar-refractivity contribution in [2.75, 3.05) is 6.54 Å². The Morgan fingerprint density at radius 1 is 1.30 bits per heavy atom. The first-order valence-corrected chi connectivity index (χ1v) is 8.50. The molecule has 0 atom stereocenters. The van der Waals surface area contributed by atoms with E-state index in [4.69, 9.17) is 0 Å². The second-order valence-corrected chi connectivity index (χ2v) is 7.10. The van der Waals surface area contributed by atoms with E-state index < -0.39 is 0 Å². The van der Waals surface area contributed by atoms with E-state index in [2.05, 4.69) is 49.0 Å². The Balaban J connectivity index is 1.85. The molecular formula is C18H32N2. The summed E-state index contributed by atoms with van der Waals surface area (Å²) in [5.41, 5.74) is 2.01. The van der Waals surface area contributed by atoms with Crippen LogP contribution < -0.4 is 5.32 Å². The van der Waals surface area contributed by atoms with Gasteiger partial charge in [0.1, 0.15) is 0 Å². The number of aromatic nitrogens is 1. The van der Waals surface area contributed by atoms with Crippen LogP contribution in [0.3, 0.4) is 0 Å². The molecule has 0 amide bonds. The summed E-state index contributed by atoms with van der Waals surface area (Å²) in [6.07, 6.45) is 10.5. The lowest BCUT2D eigenvalue weighted by atomic mass is 9.78. The molecule has 2 nitrogen and oxygen atoms in total. The van der Waals surface area contributed by atoms with Gasteiger partial charge in [-0.05, 0) is 49.1 Å². The molecule has 2 heteroatoms. The maximum Gasteiger partial charge on any atom is 0.0359 e. The fourth-order valence-corrected chi connectivity index (χ4v) is 3.97. The van der Waals surface area contributed by atoms with Gasteiger partial charge in [-0.15, -0.1) is 0 Å². The average Bonchev–Trinajstić information content (AvgIpc) is 3.00. The van der Waals surface area contributed by atoms with Gasteiger partial charge in [-0.3, -0.25) is 0 Å². The quantitative estimate of drug-likeness (QED) is 0.734. The molecule has 1 aliphatic carbocycles. The minimum absolute atomic E-state index is 0.580. The van der Waals surface area contributed by atoms with Gasteiger partial charge in [-0.1, -0.05) is 33.6 Å². The van der Waals surface area contributed by atoms with Gasteiger partial charge in [0.2, 0.25) is 0 Å². The van der Waals surface area contributed by atoms with Crippen molar-refractivity contribution in [3.63, 3.8) is 0 Å². The number of rotatable bonds is 8. The van der Waals surface area contributed by atoms with Crippen LogP contribution in [0.25, 0.3) is 0 Å². The van der Waals surface area contributed by atoms with E-state index in [9.17, 15) is 0 Å². The Labute approximate surface area is 125 Å². The van der Waals surface area contributed by atoms with Crippen molar-refractivity contribution < 1.29 is 0 Å². The van der Waals surface area contributed by atoms with Crippen LogP contribution in [0.5, 0.6) is 0 Å². The third-order valence-corrected chi connectivity index (χ3v) is 4.70. The fourth-order valence-electron chi connectivity index (χ4n) is 3.97. The van der Waals surface area contributed by atoms with Gasteiger partial charge < -0.3 is 9.88 Å². The highest BCUT2D eigenvalue weighted by Crippen LogP contribution is 2.42. The number of hydrogen-bond acceptors (Lipinski definition) is 1. The van der Waals surface area contributed by atoms with Gasteiger partial charge in [0, 0.05) is 31.5 Å². The molecule has 1 fully saturated rings. The van der Waals surface area contributed by atoms with Crippen LogP contribution in [0.1, 0.15) is 65.0 Å². The summed E-state index contributed by atoms with van der Waals surface area (Å²) in [4.78, 5) is 0. The van der Waals surface area contributed by atoms with Gasteiger partial charge in [0.05, 0.1) is 0 Å². The van der Waals surface area contributed by atoms with Gasteiger partial charge in [-0.25, -0.2) is 0 Å². The topological polar surface area (TPSA) is 17.0 Å². The summed E-state index contributed by atoms with van der Waals surface area (Å²) in [7, 11) is 0. The molecule has 1 saturated carbocycles. The Bertz CT molecular complexity index is 386. The number of hydrogen-bond donors (Lipinski definition) is 1. The molecule has 1 heterocycles. The zero-order valence-corrected chi connectivity index (χ0v) is 13.6. The predicted octanol–water partition coefficient (Wildman–Crippen LogP) is 4.59. The number of nitrogens with zero attached hydrogens (tertiary/aromatic N) is 1. The Morgan fingerprint density at radius 2 is 2.05 bits per heavy atom. The lowest BCUT2D eigenvalue weighted by molar-refractivity contribution is 0.223. The van der Waals surface area contributed by atoms with Crippen molar-refractivity contribution in [3.8, 4) is 0 Å². The highest BCUT2D eigenvalue weighted by molar-refractivity contribution is 5.07. The van der Waals surface area contributed by atoms with Crippen molar-refractivity contribution in [1.82, 2.24) is 9.88 Å². The smallest absolute Gasteiger partial charge is 0.0359 e. The van der Waals surface area contributed by atoms with Gasteiger partial charge in [0.15, 0.2) is 0 Å². The minimum Gasteiger partial charge on any atom is -0.350 e. The predicted molar refractivity (Wildman–Crippen MR) is 86.8 cm³/mol. The third kappa shape index (κ3) is 4.12. The molecule has 0 unspecified atom stereocenters. The maximum atomic E-state index is 3.75. The largest absolute Gasteiger partial charge is 0.350 e. The van der Waals surface area contributed by atoms with Crippen molar-refractivity contribution in [3.05, 3.63) is 24.0 Å². The van der Waals surface area contributed by atoms with Crippen molar-refractivity contribution >= 4 is 0 Å². The van der Waals surface area contributed by atoms with Crippen molar-refractivity contribution in [1.29, 1.82) is 0 Å². The van der Waals surface area contributed by atoms with Crippen LogP contribution in [0.15, 0.2) is 18.3 Å². The van der Waals surface area contributed by atoms with Crippen molar-refractivity contribution in [2.45, 2.75) is 72.4 Å². The molecule has 20 heavy (non-hydrogen) atoms. The van der Waals surface area contributed by atoms with Crippen LogP contribution >= 0.6 is 0 Å². The molecule has 0 bridgehead atoms. The average molecular weight is 276 g/mol. The molecule has 1 N–H and O–H groups in total. The number of aryl methyl sites for hydroxylation is 1. The summed E-state index contributed by atoms with van der Waals surface area (Å²) in [5, 5.41) is 3.75. The van der Waals surface area contributed by atoms with Gasteiger partial charge in [-0.2, -0.15) is 0 Å². The zero-order chi connectivity index (χ0) is 14.4. The van der Waals surface area contributed by atoms with E-state index in [0.717, 1.165) is 19.0 Å². The van der Waals surface area contributed by atoms with Gasteiger partial charge in [0.25, 0.3) is 0 Å². The first-order chi connectivity index (χ1) is 9.65. The summed E-state index contributed by atoms with van der Waals surface area (Å²) in [5.74, 6) is 0.818. The molecule has 1 aromatic rings. The Kier molecular flexibility index (Phi) is 5.71. The molecule has 0 saturated heterocycles. The summed E-state index contributed by atoms with van der Waals surface area (Å²) in [6.45, 7) is 10.3. The molecule has 0 aromatic carbocycles. The minimum atomic E-state index is 0.580. The lowest BCUT2D eigenvalue weighted by Gasteiger charge is -2.31. The monoisotopic (exact) mass is 276 g/mol. The van der Waals surface area contributed by atoms with Crippen LogP contribution in [-0.2, 0) is 13.1 Å².